The van der Waals surface area contributed by atoms with Crippen LogP contribution in [0, 0.1) is 6.92 Å². The van der Waals surface area contributed by atoms with Crippen molar-refractivity contribution >= 4 is 39.2 Å². The molecule has 5 rings (SSSR count). The minimum absolute atomic E-state index is 0.135. The van der Waals surface area contributed by atoms with Gasteiger partial charge in [-0.05, 0) is 30.7 Å². The second kappa shape index (κ2) is 7.57. The molecule has 0 saturated carbocycles. The number of thiophene rings is 1. The van der Waals surface area contributed by atoms with Crippen LogP contribution in [0.25, 0.3) is 21.3 Å². The van der Waals surface area contributed by atoms with Crippen molar-refractivity contribution in [1.82, 2.24) is 25.1 Å². The highest BCUT2D eigenvalue weighted by Crippen LogP contribution is 2.39. The van der Waals surface area contributed by atoms with E-state index in [1.807, 2.05) is 0 Å². The van der Waals surface area contributed by atoms with Crippen LogP contribution < -0.4 is 0 Å². The zero-order valence-electron chi connectivity index (χ0n) is 15.7. The average molecular weight is 424 g/mol. The van der Waals surface area contributed by atoms with E-state index >= 15 is 0 Å². The lowest BCUT2D eigenvalue weighted by molar-refractivity contribution is -0.128. The number of amides is 1. The molecular formula is C20H17N5O2S2. The maximum Gasteiger partial charge on any atom is 0.283 e. The molecule has 4 aromatic rings. The van der Waals surface area contributed by atoms with Crippen LogP contribution in [0.2, 0.25) is 0 Å². The molecule has 0 atom stereocenters. The SMILES string of the molecule is Cc1ccc(-c2csc3ncnc(Sc4nnc(CN5CCCC5=O)o4)c23)cc1. The number of aromatic nitrogens is 4. The van der Waals surface area contributed by atoms with Crippen LogP contribution in [0.15, 0.2) is 50.6 Å². The fourth-order valence-corrected chi connectivity index (χ4v) is 5.11. The average Bonchev–Trinajstić information content (AvgIpc) is 3.44. The first-order valence-corrected chi connectivity index (χ1v) is 10.9. The van der Waals surface area contributed by atoms with Crippen LogP contribution in [0.4, 0.5) is 0 Å². The highest BCUT2D eigenvalue weighted by atomic mass is 32.2. The lowest BCUT2D eigenvalue weighted by atomic mass is 10.1. The Morgan fingerprint density at radius 3 is 2.86 bits per heavy atom. The first kappa shape index (κ1) is 18.3. The van der Waals surface area contributed by atoms with Gasteiger partial charge in [0.05, 0.1) is 11.9 Å². The molecule has 0 N–H and O–H groups in total. The molecule has 1 amide bonds. The van der Waals surface area contributed by atoms with E-state index in [-0.39, 0.29) is 5.91 Å². The third-order valence-electron chi connectivity index (χ3n) is 4.83. The van der Waals surface area contributed by atoms with Crippen LogP contribution in [-0.2, 0) is 11.3 Å². The van der Waals surface area contributed by atoms with E-state index in [4.69, 9.17) is 4.42 Å². The van der Waals surface area contributed by atoms with Gasteiger partial charge in [-0.3, -0.25) is 4.79 Å². The Kier molecular flexibility index (Phi) is 4.76. The van der Waals surface area contributed by atoms with Gasteiger partial charge in [0.1, 0.15) is 16.2 Å². The Labute approximate surface area is 175 Å². The summed E-state index contributed by atoms with van der Waals surface area (Å²) in [7, 11) is 0. The Balaban J connectivity index is 1.44. The summed E-state index contributed by atoms with van der Waals surface area (Å²) in [5.74, 6) is 0.577. The molecule has 0 aliphatic carbocycles. The van der Waals surface area contributed by atoms with E-state index in [1.165, 1.54) is 17.3 Å². The maximum atomic E-state index is 11.8. The quantitative estimate of drug-likeness (QED) is 0.442. The molecule has 1 saturated heterocycles. The van der Waals surface area contributed by atoms with Crippen molar-refractivity contribution < 1.29 is 9.21 Å². The number of carbonyl (C=O) groups is 1. The van der Waals surface area contributed by atoms with E-state index in [9.17, 15) is 4.79 Å². The van der Waals surface area contributed by atoms with Crippen LogP contribution >= 0.6 is 23.1 Å². The standard InChI is InChI=1S/C20H17N5O2S2/c1-12-4-6-13(7-5-12)14-10-28-18-17(14)19(22-11-21-18)29-20-24-23-15(27-20)9-25-8-2-3-16(25)26/h4-7,10-11H,2-3,8-9H2,1H3. The fourth-order valence-electron chi connectivity index (χ4n) is 3.33. The molecule has 3 aromatic heterocycles. The summed E-state index contributed by atoms with van der Waals surface area (Å²) in [6, 6.07) is 8.41. The number of hydrogen-bond acceptors (Lipinski definition) is 8. The minimum atomic E-state index is 0.135. The molecule has 29 heavy (non-hydrogen) atoms. The van der Waals surface area contributed by atoms with Crippen molar-refractivity contribution in [2.75, 3.05) is 6.54 Å². The van der Waals surface area contributed by atoms with Gasteiger partial charge in [0.25, 0.3) is 5.22 Å². The van der Waals surface area contributed by atoms with Gasteiger partial charge in [-0.25, -0.2) is 9.97 Å². The molecule has 9 heteroatoms. The normalized spacial score (nSPS) is 14.2. The van der Waals surface area contributed by atoms with Gasteiger partial charge in [0.15, 0.2) is 0 Å². The number of likely N-dealkylation sites (tertiary alicyclic amines) is 1. The maximum absolute atomic E-state index is 11.8. The van der Waals surface area contributed by atoms with Gasteiger partial charge in [-0.15, -0.1) is 21.5 Å². The number of carbonyl (C=O) groups excluding carboxylic acids is 1. The van der Waals surface area contributed by atoms with Gasteiger partial charge >= 0.3 is 0 Å². The van der Waals surface area contributed by atoms with E-state index in [2.05, 4.69) is 56.7 Å². The number of aryl methyl sites for hydroxylation is 1. The minimum Gasteiger partial charge on any atom is -0.414 e. The van der Waals surface area contributed by atoms with Gasteiger partial charge in [-0.1, -0.05) is 29.8 Å². The van der Waals surface area contributed by atoms with Gasteiger partial charge in [0, 0.05) is 23.9 Å². The first-order valence-electron chi connectivity index (χ1n) is 9.24. The van der Waals surface area contributed by atoms with Crippen LogP contribution in [0.5, 0.6) is 0 Å². The molecule has 4 heterocycles. The third kappa shape index (κ3) is 3.63. The molecule has 1 aliphatic rings. The monoisotopic (exact) mass is 423 g/mol. The van der Waals surface area contributed by atoms with Crippen molar-refractivity contribution in [3.8, 4) is 11.1 Å². The summed E-state index contributed by atoms with van der Waals surface area (Å²) in [6.07, 6.45) is 3.03. The lowest BCUT2D eigenvalue weighted by Gasteiger charge is -2.11. The van der Waals surface area contributed by atoms with E-state index < -0.39 is 0 Å². The van der Waals surface area contributed by atoms with Crippen LogP contribution in [-0.4, -0.2) is 37.5 Å². The van der Waals surface area contributed by atoms with Crippen LogP contribution in [0.1, 0.15) is 24.3 Å². The smallest absolute Gasteiger partial charge is 0.283 e. The van der Waals surface area contributed by atoms with E-state index in [0.717, 1.165) is 39.3 Å². The molecule has 0 radical (unpaired) electrons. The topological polar surface area (TPSA) is 85.0 Å². The molecule has 0 bridgehead atoms. The molecule has 1 fully saturated rings. The van der Waals surface area contributed by atoms with E-state index in [1.54, 1.807) is 22.6 Å². The Morgan fingerprint density at radius 1 is 1.21 bits per heavy atom. The summed E-state index contributed by atoms with van der Waals surface area (Å²) < 4.78 is 5.77. The third-order valence-corrected chi connectivity index (χ3v) is 6.56. The van der Waals surface area contributed by atoms with Gasteiger partial charge < -0.3 is 9.32 Å². The van der Waals surface area contributed by atoms with Crippen molar-refractivity contribution in [2.45, 2.75) is 36.6 Å². The number of rotatable bonds is 5. The predicted octanol–water partition coefficient (Wildman–Crippen LogP) is 4.32. The van der Waals surface area contributed by atoms with Gasteiger partial charge in [-0.2, -0.15) is 0 Å². The predicted molar refractivity (Wildman–Crippen MR) is 111 cm³/mol. The highest BCUT2D eigenvalue weighted by Gasteiger charge is 2.23. The molecule has 0 unspecified atom stereocenters. The Bertz CT molecular complexity index is 1190. The second-order valence-electron chi connectivity index (χ2n) is 6.86. The molecule has 1 aromatic carbocycles. The zero-order chi connectivity index (χ0) is 19.8. The zero-order valence-corrected chi connectivity index (χ0v) is 17.3. The van der Waals surface area contributed by atoms with Crippen LogP contribution in [0.3, 0.4) is 0 Å². The van der Waals surface area contributed by atoms with Crippen molar-refractivity contribution in [3.05, 3.63) is 47.4 Å². The summed E-state index contributed by atoms with van der Waals surface area (Å²) in [5.41, 5.74) is 3.43. The second-order valence-corrected chi connectivity index (χ2v) is 8.66. The largest absolute Gasteiger partial charge is 0.414 e. The van der Waals surface area contributed by atoms with Crippen molar-refractivity contribution in [1.29, 1.82) is 0 Å². The van der Waals surface area contributed by atoms with Gasteiger partial charge in [0.2, 0.25) is 11.8 Å². The summed E-state index contributed by atoms with van der Waals surface area (Å²) in [5, 5.41) is 12.5. The van der Waals surface area contributed by atoms with Crippen molar-refractivity contribution in [2.24, 2.45) is 0 Å². The fraction of sp³-hybridized carbons (Fsp3) is 0.250. The van der Waals surface area contributed by atoms with E-state index in [0.29, 0.717) is 24.1 Å². The Morgan fingerprint density at radius 2 is 2.07 bits per heavy atom. The first-order chi connectivity index (χ1) is 14.2. The highest BCUT2D eigenvalue weighted by molar-refractivity contribution is 7.99. The Hall–Kier alpha value is -2.78. The summed E-state index contributed by atoms with van der Waals surface area (Å²) in [4.78, 5) is 23.3. The lowest BCUT2D eigenvalue weighted by Crippen LogP contribution is -2.23. The number of nitrogens with zero attached hydrogens (tertiary/aromatic N) is 5. The van der Waals surface area contributed by atoms with Crippen molar-refractivity contribution in [3.63, 3.8) is 0 Å². The number of fused-ring (bicyclic) bond motifs is 1. The molecular weight excluding hydrogens is 406 g/mol. The molecule has 1 aliphatic heterocycles. The summed E-state index contributed by atoms with van der Waals surface area (Å²) in [6.45, 7) is 3.17. The molecule has 0 spiro atoms. The molecule has 7 nitrogen and oxygen atoms in total. The molecule has 146 valence electrons. The number of benzene rings is 1. The summed E-state index contributed by atoms with van der Waals surface area (Å²) >= 11 is 2.91. The number of hydrogen-bond donors (Lipinski definition) is 0.